The third-order valence-electron chi connectivity index (χ3n) is 4.10. The lowest BCUT2D eigenvalue weighted by Crippen LogP contribution is -2.47. The van der Waals surface area contributed by atoms with Gasteiger partial charge in [0.1, 0.15) is 0 Å². The van der Waals surface area contributed by atoms with Gasteiger partial charge >= 0.3 is 6.18 Å². The number of hydrogen-bond donors (Lipinski definition) is 2. The van der Waals surface area contributed by atoms with E-state index in [0.29, 0.717) is 24.8 Å². The number of carbonyl (C=O) groups excluding carboxylic acids is 1. The van der Waals surface area contributed by atoms with Gasteiger partial charge < -0.3 is 15.5 Å². The van der Waals surface area contributed by atoms with Crippen LogP contribution in [0.1, 0.15) is 19.3 Å². The molecule has 0 aliphatic carbocycles. The van der Waals surface area contributed by atoms with Crippen LogP contribution in [-0.4, -0.2) is 81.7 Å². The number of halogens is 4. The molecular weight excluding hydrogens is 450 g/mol. The van der Waals surface area contributed by atoms with E-state index >= 15 is 0 Å². The van der Waals surface area contributed by atoms with E-state index in [0.717, 1.165) is 25.9 Å². The Hall–Kier alpha value is -0.780. The van der Waals surface area contributed by atoms with Gasteiger partial charge in [-0.2, -0.15) is 13.2 Å². The van der Waals surface area contributed by atoms with Crippen LogP contribution in [0.15, 0.2) is 4.99 Å². The van der Waals surface area contributed by atoms with Crippen molar-refractivity contribution in [1.29, 1.82) is 0 Å². The van der Waals surface area contributed by atoms with Gasteiger partial charge in [0.15, 0.2) is 5.96 Å². The Balaban J connectivity index is 0.00000576. The molecule has 1 fully saturated rings. The van der Waals surface area contributed by atoms with Crippen LogP contribution in [0.25, 0.3) is 0 Å². The van der Waals surface area contributed by atoms with Crippen LogP contribution < -0.4 is 10.6 Å². The number of carbonyl (C=O) groups is 1. The number of aliphatic imine (C=N–C) groups is 1. The van der Waals surface area contributed by atoms with Crippen molar-refractivity contribution >= 4 is 35.8 Å². The highest BCUT2D eigenvalue weighted by molar-refractivity contribution is 14.0. The predicted molar refractivity (Wildman–Crippen MR) is 103 cm³/mol. The van der Waals surface area contributed by atoms with Crippen molar-refractivity contribution in [3.05, 3.63) is 0 Å². The molecule has 6 nitrogen and oxygen atoms in total. The van der Waals surface area contributed by atoms with Crippen LogP contribution in [0.4, 0.5) is 13.2 Å². The molecule has 0 aromatic heterocycles. The molecule has 0 spiro atoms. The van der Waals surface area contributed by atoms with Gasteiger partial charge in [-0.1, -0.05) is 0 Å². The number of hydrogen-bond acceptors (Lipinski definition) is 3. The van der Waals surface area contributed by atoms with E-state index < -0.39 is 12.7 Å². The fourth-order valence-corrected chi connectivity index (χ4v) is 2.79. The van der Waals surface area contributed by atoms with Gasteiger partial charge in [-0.05, 0) is 25.8 Å². The lowest BCUT2D eigenvalue weighted by molar-refractivity contribution is -0.142. The number of rotatable bonds is 6. The molecule has 1 rings (SSSR count). The monoisotopic (exact) mass is 479 g/mol. The van der Waals surface area contributed by atoms with Crippen molar-refractivity contribution in [3.8, 4) is 0 Å². The summed E-state index contributed by atoms with van der Waals surface area (Å²) in [6, 6.07) is 0. The molecule has 1 heterocycles. The van der Waals surface area contributed by atoms with E-state index in [-0.39, 0.29) is 36.4 Å². The molecule has 0 unspecified atom stereocenters. The summed E-state index contributed by atoms with van der Waals surface area (Å²) in [7, 11) is 4.75. The van der Waals surface area contributed by atoms with Crippen molar-refractivity contribution in [1.82, 2.24) is 20.4 Å². The summed E-state index contributed by atoms with van der Waals surface area (Å²) >= 11 is 0. The molecule has 148 valence electrons. The van der Waals surface area contributed by atoms with Gasteiger partial charge in [-0.15, -0.1) is 24.0 Å². The molecule has 1 amide bonds. The predicted octanol–water partition coefficient (Wildman–Crippen LogP) is 1.52. The van der Waals surface area contributed by atoms with Gasteiger partial charge in [0, 0.05) is 46.7 Å². The van der Waals surface area contributed by atoms with Crippen LogP contribution in [-0.2, 0) is 4.79 Å². The van der Waals surface area contributed by atoms with Gasteiger partial charge in [0.25, 0.3) is 0 Å². The molecule has 10 heteroatoms. The van der Waals surface area contributed by atoms with Gasteiger partial charge in [-0.3, -0.25) is 14.7 Å². The molecular formula is C15H29F3IN5O. The Kier molecular flexibility index (Phi) is 11.4. The number of nitrogens with one attached hydrogen (secondary N) is 2. The van der Waals surface area contributed by atoms with Gasteiger partial charge in [0.05, 0.1) is 6.54 Å². The van der Waals surface area contributed by atoms with Gasteiger partial charge in [-0.25, -0.2) is 0 Å². The molecule has 0 bridgehead atoms. The first kappa shape index (κ1) is 24.2. The molecule has 0 atom stereocenters. The zero-order valence-electron chi connectivity index (χ0n) is 15.0. The second kappa shape index (κ2) is 11.8. The first-order valence-corrected chi connectivity index (χ1v) is 8.16. The fraction of sp³-hybridized carbons (Fsp3) is 0.867. The number of likely N-dealkylation sites (tertiary alicyclic amines) is 1. The Morgan fingerprint density at radius 3 is 2.40 bits per heavy atom. The number of piperidine rings is 1. The van der Waals surface area contributed by atoms with Crippen molar-refractivity contribution in [3.63, 3.8) is 0 Å². The van der Waals surface area contributed by atoms with E-state index in [4.69, 9.17) is 0 Å². The summed E-state index contributed by atoms with van der Waals surface area (Å²) in [5.41, 5.74) is 0. The van der Waals surface area contributed by atoms with E-state index in [9.17, 15) is 18.0 Å². The number of likely N-dealkylation sites (N-methyl/N-ethyl adjacent to an activating group) is 1. The average molecular weight is 479 g/mol. The maximum Gasteiger partial charge on any atom is 0.401 e. The molecule has 2 N–H and O–H groups in total. The Labute approximate surface area is 164 Å². The largest absolute Gasteiger partial charge is 0.401 e. The summed E-state index contributed by atoms with van der Waals surface area (Å²) in [5.74, 6) is 1.13. The second-order valence-corrected chi connectivity index (χ2v) is 6.13. The summed E-state index contributed by atoms with van der Waals surface area (Å²) in [6.07, 6.45) is -1.83. The highest BCUT2D eigenvalue weighted by Gasteiger charge is 2.29. The molecule has 0 aromatic carbocycles. The Bertz CT molecular complexity index is 426. The first-order valence-electron chi connectivity index (χ1n) is 8.16. The van der Waals surface area contributed by atoms with E-state index in [1.807, 2.05) is 0 Å². The maximum atomic E-state index is 12.3. The zero-order valence-corrected chi connectivity index (χ0v) is 17.4. The van der Waals surface area contributed by atoms with Crippen molar-refractivity contribution in [2.75, 3.05) is 53.9 Å². The molecule has 0 aromatic rings. The second-order valence-electron chi connectivity index (χ2n) is 6.13. The summed E-state index contributed by atoms with van der Waals surface area (Å²) in [6.45, 7) is 1.35. The minimum atomic E-state index is -4.18. The number of guanidine groups is 1. The topological polar surface area (TPSA) is 60.0 Å². The standard InChI is InChI=1S/C15H28F3N5O.HI/c1-19-13(24)10-12-4-7-23(8-5-12)14(20-2)21-6-9-22(3)11-15(16,17)18;/h12H,4-11H2,1-3H3,(H,19,24)(H,20,21);1H. The fourth-order valence-electron chi connectivity index (χ4n) is 2.79. The van der Waals surface area contributed by atoms with E-state index in [1.165, 1.54) is 11.9 Å². The number of nitrogens with zero attached hydrogens (tertiary/aromatic N) is 3. The van der Waals surface area contributed by atoms with Crippen molar-refractivity contribution in [2.24, 2.45) is 10.9 Å². The molecule has 1 saturated heterocycles. The summed E-state index contributed by atoms with van der Waals surface area (Å²) in [5, 5.41) is 5.75. The van der Waals surface area contributed by atoms with Crippen molar-refractivity contribution < 1.29 is 18.0 Å². The van der Waals surface area contributed by atoms with Crippen LogP contribution in [0.3, 0.4) is 0 Å². The number of amides is 1. The minimum absolute atomic E-state index is 0. The lowest BCUT2D eigenvalue weighted by Gasteiger charge is -2.34. The molecule has 0 radical (unpaired) electrons. The van der Waals surface area contributed by atoms with Crippen LogP contribution in [0.2, 0.25) is 0 Å². The molecule has 1 aliphatic rings. The van der Waals surface area contributed by atoms with Gasteiger partial charge in [0.2, 0.25) is 5.91 Å². The summed E-state index contributed by atoms with van der Waals surface area (Å²) in [4.78, 5) is 18.9. The first-order chi connectivity index (χ1) is 11.2. The SMILES string of the molecule is CN=C(NCCN(C)CC(F)(F)F)N1CCC(CC(=O)NC)CC1.I. The average Bonchev–Trinajstić information content (AvgIpc) is 2.50. The Morgan fingerprint density at radius 2 is 1.92 bits per heavy atom. The molecule has 0 saturated carbocycles. The zero-order chi connectivity index (χ0) is 18.2. The lowest BCUT2D eigenvalue weighted by atomic mass is 9.93. The number of alkyl halides is 3. The third-order valence-corrected chi connectivity index (χ3v) is 4.10. The molecule has 25 heavy (non-hydrogen) atoms. The van der Waals surface area contributed by atoms with Crippen molar-refractivity contribution in [2.45, 2.75) is 25.4 Å². The molecule has 1 aliphatic heterocycles. The summed E-state index contributed by atoms with van der Waals surface area (Å²) < 4.78 is 36.8. The highest BCUT2D eigenvalue weighted by atomic mass is 127. The normalized spacial score (nSPS) is 16.6. The highest BCUT2D eigenvalue weighted by Crippen LogP contribution is 2.20. The quantitative estimate of drug-likeness (QED) is 0.345. The Morgan fingerprint density at radius 1 is 1.32 bits per heavy atom. The van der Waals surface area contributed by atoms with Crippen LogP contribution in [0.5, 0.6) is 0 Å². The maximum absolute atomic E-state index is 12.3. The minimum Gasteiger partial charge on any atom is -0.359 e. The van der Waals surface area contributed by atoms with Crippen LogP contribution in [0, 0.1) is 5.92 Å². The van der Waals surface area contributed by atoms with E-state index in [2.05, 4.69) is 20.5 Å². The third kappa shape index (κ3) is 10.1. The van der Waals surface area contributed by atoms with Crippen LogP contribution >= 0.6 is 24.0 Å². The smallest absolute Gasteiger partial charge is 0.359 e. The van der Waals surface area contributed by atoms with E-state index in [1.54, 1.807) is 14.1 Å².